The molecule has 0 N–H and O–H groups in total. The third-order valence-corrected chi connectivity index (χ3v) is 9.65. The second-order valence-electron chi connectivity index (χ2n) is 12.8. The zero-order valence-corrected chi connectivity index (χ0v) is 29.1. The van der Waals surface area contributed by atoms with Gasteiger partial charge in [0.1, 0.15) is 0 Å². The second-order valence-corrected chi connectivity index (χ2v) is 12.8. The van der Waals surface area contributed by atoms with Crippen LogP contribution in [0.4, 0.5) is 0 Å². The van der Waals surface area contributed by atoms with Crippen molar-refractivity contribution < 1.29 is 35.6 Å². The third kappa shape index (κ3) is 5.53. The van der Waals surface area contributed by atoms with Gasteiger partial charge in [0.25, 0.3) is 0 Å². The number of hydrogen-bond donors (Lipinski definition) is 0. The minimum Gasteiger partial charge on any atom is -0.0758 e. The van der Waals surface area contributed by atoms with E-state index in [2.05, 4.69) is 176 Å². The molecule has 1 heteroatoms. The summed E-state index contributed by atoms with van der Waals surface area (Å²) in [6.45, 7) is 9.39. The van der Waals surface area contributed by atoms with Gasteiger partial charge in [-0.15, -0.1) is 0 Å². The molecule has 15 radical (unpaired) electrons. The van der Waals surface area contributed by atoms with E-state index >= 15 is 0 Å². The Labute approximate surface area is 290 Å². The Kier molecular flexibility index (Phi) is 9.38. The monoisotopic (exact) mass is 680 g/mol. The summed E-state index contributed by atoms with van der Waals surface area (Å²) in [4.78, 5) is 0. The van der Waals surface area contributed by atoms with E-state index in [1.165, 1.54) is 63.7 Å². The van der Waals surface area contributed by atoms with Crippen LogP contribution in [0.15, 0.2) is 97.1 Å². The first-order valence-electron chi connectivity index (χ1n) is 15.1. The predicted octanol–water partition coefficient (Wildman–Crippen LogP) is 9.79. The Balaban J connectivity index is 0.000000150. The van der Waals surface area contributed by atoms with Gasteiger partial charge in [-0.25, -0.2) is 0 Å². The molecule has 0 atom stereocenters. The van der Waals surface area contributed by atoms with E-state index < -0.39 is 0 Å². The molecule has 0 bridgehead atoms. The maximum absolute atomic E-state index is 2.37. The van der Waals surface area contributed by atoms with Crippen LogP contribution in [0.5, 0.6) is 0 Å². The molecule has 8 rings (SSSR count). The van der Waals surface area contributed by atoms with Crippen LogP contribution >= 0.6 is 0 Å². The number of hydrogen-bond acceptors (Lipinski definition) is 0. The molecule has 0 aromatic heterocycles. The zero-order chi connectivity index (χ0) is 28.9. The van der Waals surface area contributed by atoms with E-state index in [0.29, 0.717) is 5.92 Å². The molecule has 6 aliphatic carbocycles. The van der Waals surface area contributed by atoms with Crippen molar-refractivity contribution in [3.63, 3.8) is 0 Å². The van der Waals surface area contributed by atoms with Crippen molar-refractivity contribution in [3.05, 3.63) is 201 Å². The Morgan fingerprint density at radius 3 is 1.35 bits per heavy atom. The molecule has 0 amide bonds. The van der Waals surface area contributed by atoms with E-state index in [1.54, 1.807) is 0 Å². The van der Waals surface area contributed by atoms with Crippen molar-refractivity contribution in [2.24, 2.45) is 10.8 Å². The van der Waals surface area contributed by atoms with E-state index in [4.69, 9.17) is 0 Å². The van der Waals surface area contributed by atoms with Crippen LogP contribution in [0.1, 0.15) is 44.7 Å². The van der Waals surface area contributed by atoms with E-state index in [9.17, 15) is 0 Å². The predicted molar refractivity (Wildman–Crippen MR) is 175 cm³/mol. The van der Waals surface area contributed by atoms with Gasteiger partial charge < -0.3 is 0 Å². The Morgan fingerprint density at radius 1 is 0.488 bits per heavy atom. The van der Waals surface area contributed by atoms with E-state index in [1.807, 2.05) is 0 Å². The first kappa shape index (κ1) is 31.6. The van der Waals surface area contributed by atoms with E-state index in [0.717, 1.165) is 0 Å². The number of rotatable bonds is 4. The smallest absolute Gasteiger partial charge is 0.0758 e. The first-order chi connectivity index (χ1) is 20.4. The zero-order valence-electron chi connectivity index (χ0n) is 25.5. The summed E-state index contributed by atoms with van der Waals surface area (Å²) < 4.78 is 0. The fourth-order valence-electron chi connectivity index (χ4n) is 7.53. The van der Waals surface area contributed by atoms with Crippen molar-refractivity contribution in [2.75, 3.05) is 0 Å². The molecule has 0 saturated heterocycles. The molecular formula is C42H37La+3. The first-order valence-corrected chi connectivity index (χ1v) is 15.1. The van der Waals surface area contributed by atoms with Gasteiger partial charge in [0.05, 0.1) is 0 Å². The molecule has 43 heavy (non-hydrogen) atoms. The largest absolute Gasteiger partial charge is 3.00 e. The summed E-state index contributed by atoms with van der Waals surface area (Å²) in [5.41, 5.74) is 5.82. The van der Waals surface area contributed by atoms with Crippen LogP contribution < -0.4 is 0 Å². The molecule has 3 saturated carbocycles. The fraction of sp³-hybridized carbons (Fsp3) is 0.167. The van der Waals surface area contributed by atoms with Crippen LogP contribution in [0.2, 0.25) is 0 Å². The van der Waals surface area contributed by atoms with Crippen LogP contribution in [0, 0.1) is 139 Å². The van der Waals surface area contributed by atoms with Gasteiger partial charge >= 0.3 is 35.6 Å². The average molecular weight is 681 g/mol. The molecule has 6 aliphatic rings. The Bertz CT molecular complexity index is 1310. The van der Waals surface area contributed by atoms with E-state index in [-0.39, 0.29) is 46.4 Å². The normalized spacial score (nSPS) is 23.2. The number of fused-ring (bicyclic) bond motifs is 6. The van der Waals surface area contributed by atoms with Crippen molar-refractivity contribution in [1.29, 1.82) is 0 Å². The molecule has 3 fully saturated rings. The molecule has 205 valence electrons. The maximum Gasteiger partial charge on any atom is 3.00 e. The quantitative estimate of drug-likeness (QED) is 0.302. The molecule has 0 spiro atoms. The van der Waals surface area contributed by atoms with Gasteiger partial charge in [-0.2, -0.15) is 0 Å². The summed E-state index contributed by atoms with van der Waals surface area (Å²) in [5.74, 6) is 10.1. The van der Waals surface area contributed by atoms with Crippen LogP contribution in [-0.2, 0) is 0 Å². The van der Waals surface area contributed by atoms with Crippen LogP contribution in [-0.4, -0.2) is 0 Å². The van der Waals surface area contributed by atoms with Crippen molar-refractivity contribution in [2.45, 2.75) is 33.6 Å². The average Bonchev–Trinajstić information content (AvgIpc) is 3.82. The van der Waals surface area contributed by atoms with Crippen molar-refractivity contribution in [3.8, 4) is 11.1 Å². The van der Waals surface area contributed by atoms with Crippen LogP contribution in [0.3, 0.4) is 0 Å². The molecular weight excluding hydrogens is 643 g/mol. The third-order valence-electron chi connectivity index (χ3n) is 9.65. The summed E-state index contributed by atoms with van der Waals surface area (Å²) in [6, 6.07) is 17.7. The SMILES string of the molecule is CC(C)([C]1[CH][CH][CH][CH]1)C1c2ccccc2-c2ccccc21.CC(C)([C]1[CH][CH][CH][CH]1)[C]1[C]2C=CC=C[C]2[C]2C=CC=C[C]21.[La+3]. The minimum atomic E-state index is 0. The summed E-state index contributed by atoms with van der Waals surface area (Å²) in [6.07, 6.45) is 35.1. The van der Waals surface area contributed by atoms with Crippen molar-refractivity contribution in [1.82, 2.24) is 0 Å². The topological polar surface area (TPSA) is 0 Å². The van der Waals surface area contributed by atoms with Gasteiger partial charge in [0.15, 0.2) is 0 Å². The summed E-state index contributed by atoms with van der Waals surface area (Å²) in [5, 5.41) is 0. The van der Waals surface area contributed by atoms with Gasteiger partial charge in [-0.3, -0.25) is 0 Å². The van der Waals surface area contributed by atoms with Crippen LogP contribution in [0.25, 0.3) is 11.1 Å². The maximum atomic E-state index is 2.37. The molecule has 0 unspecified atom stereocenters. The number of benzene rings is 2. The standard InChI is InChI=1S/C21H19.C21H18.La/c2*1-21(2,15-9-3-4-10-15)20-18-13-7-5-11-16(18)17-12-6-8-14-19(17)20;/h3-14,20H,1-2H3;3-14H,1-2H3;/q;;+3. The van der Waals surface area contributed by atoms with Gasteiger partial charge in [0.2, 0.25) is 0 Å². The molecule has 0 aliphatic heterocycles. The van der Waals surface area contributed by atoms with Gasteiger partial charge in [-0.1, -0.05) is 125 Å². The van der Waals surface area contributed by atoms with Crippen molar-refractivity contribution >= 4 is 0 Å². The summed E-state index contributed by atoms with van der Waals surface area (Å²) in [7, 11) is 0. The fourth-order valence-corrected chi connectivity index (χ4v) is 7.53. The Morgan fingerprint density at radius 2 is 0.884 bits per heavy atom. The summed E-state index contributed by atoms with van der Waals surface area (Å²) >= 11 is 0. The van der Waals surface area contributed by atoms with Gasteiger partial charge in [0, 0.05) is 35.5 Å². The number of allylic oxidation sites excluding steroid dienone is 8. The molecule has 2 aromatic carbocycles. The molecule has 0 heterocycles. The van der Waals surface area contributed by atoms with Gasteiger partial charge in [-0.05, 0) is 96.3 Å². The Hall–Kier alpha value is -1.41. The minimum absolute atomic E-state index is 0. The molecule has 2 aromatic rings. The molecule has 0 nitrogen and oxygen atoms in total. The second kappa shape index (κ2) is 12.8.